The molecular formula is C17H14Br2ClNO3. The second-order valence-corrected chi connectivity index (χ2v) is 6.86. The van der Waals surface area contributed by atoms with E-state index in [2.05, 4.69) is 37.2 Å². The number of rotatable bonds is 5. The van der Waals surface area contributed by atoms with Crippen LogP contribution in [0.15, 0.2) is 45.4 Å². The lowest BCUT2D eigenvalue weighted by molar-refractivity contribution is -0.111. The summed E-state index contributed by atoms with van der Waals surface area (Å²) in [5.41, 5.74) is 1.35. The van der Waals surface area contributed by atoms with Crippen LogP contribution in [0.25, 0.3) is 6.08 Å². The number of carbonyl (C=O) groups is 1. The molecule has 4 nitrogen and oxygen atoms in total. The molecule has 0 aliphatic carbocycles. The molecular weight excluding hydrogens is 461 g/mol. The molecule has 0 spiro atoms. The van der Waals surface area contributed by atoms with Gasteiger partial charge in [-0.15, -0.1) is 0 Å². The third-order valence-corrected chi connectivity index (χ3v) is 4.42. The van der Waals surface area contributed by atoms with E-state index in [1.54, 1.807) is 31.4 Å². The Bertz CT molecular complexity index is 794. The summed E-state index contributed by atoms with van der Waals surface area (Å²) in [6.07, 6.45) is 3.10. The van der Waals surface area contributed by atoms with Gasteiger partial charge in [-0.25, -0.2) is 0 Å². The van der Waals surface area contributed by atoms with E-state index in [0.717, 1.165) is 14.5 Å². The van der Waals surface area contributed by atoms with Gasteiger partial charge in [0.1, 0.15) is 11.5 Å². The van der Waals surface area contributed by atoms with Gasteiger partial charge in [0, 0.05) is 21.8 Å². The molecule has 0 heterocycles. The van der Waals surface area contributed by atoms with Gasteiger partial charge >= 0.3 is 0 Å². The number of benzene rings is 2. The molecule has 0 radical (unpaired) electrons. The fraction of sp³-hybridized carbons (Fsp3) is 0.118. The Morgan fingerprint density at radius 1 is 1.17 bits per heavy atom. The van der Waals surface area contributed by atoms with Crippen LogP contribution in [0.3, 0.4) is 0 Å². The molecule has 1 amide bonds. The van der Waals surface area contributed by atoms with E-state index < -0.39 is 0 Å². The van der Waals surface area contributed by atoms with Crippen molar-refractivity contribution in [1.29, 1.82) is 0 Å². The van der Waals surface area contributed by atoms with E-state index in [1.807, 2.05) is 12.1 Å². The van der Waals surface area contributed by atoms with Crippen LogP contribution in [0.4, 0.5) is 5.69 Å². The van der Waals surface area contributed by atoms with E-state index in [1.165, 1.54) is 13.2 Å². The van der Waals surface area contributed by atoms with Gasteiger partial charge in [-0.2, -0.15) is 0 Å². The molecule has 7 heteroatoms. The van der Waals surface area contributed by atoms with Gasteiger partial charge in [-0.3, -0.25) is 4.79 Å². The van der Waals surface area contributed by atoms with Crippen LogP contribution in [0, 0.1) is 0 Å². The average Bonchev–Trinajstić information content (AvgIpc) is 2.52. The van der Waals surface area contributed by atoms with Gasteiger partial charge in [0.2, 0.25) is 5.91 Å². The summed E-state index contributed by atoms with van der Waals surface area (Å²) in [6.45, 7) is 0. The lowest BCUT2D eigenvalue weighted by atomic mass is 10.2. The zero-order valence-corrected chi connectivity index (χ0v) is 16.8. The average molecular weight is 476 g/mol. The molecule has 0 atom stereocenters. The standard InChI is InChI=1S/C17H14Br2ClNO3/c1-23-15-5-4-12(9-14(15)20)21-16(22)6-3-10-7-11(18)8-13(19)17(10)24-2/h3-9H,1-2H3,(H,21,22)/b6-3-. The molecule has 126 valence electrons. The summed E-state index contributed by atoms with van der Waals surface area (Å²) in [7, 11) is 3.11. The highest BCUT2D eigenvalue weighted by molar-refractivity contribution is 9.11. The third-order valence-electron chi connectivity index (χ3n) is 3.07. The highest BCUT2D eigenvalue weighted by atomic mass is 79.9. The molecule has 1 N–H and O–H groups in total. The largest absolute Gasteiger partial charge is 0.495 e. The van der Waals surface area contributed by atoms with Gasteiger partial charge in [-0.1, -0.05) is 27.5 Å². The van der Waals surface area contributed by atoms with Crippen LogP contribution in [-0.2, 0) is 4.79 Å². The summed E-state index contributed by atoms with van der Waals surface area (Å²) in [5, 5.41) is 3.17. The Morgan fingerprint density at radius 3 is 2.54 bits per heavy atom. The lowest BCUT2D eigenvalue weighted by Crippen LogP contribution is -2.07. The van der Waals surface area contributed by atoms with Crippen LogP contribution in [0.1, 0.15) is 5.56 Å². The zero-order valence-electron chi connectivity index (χ0n) is 12.9. The van der Waals surface area contributed by atoms with E-state index in [9.17, 15) is 4.79 Å². The minimum Gasteiger partial charge on any atom is -0.495 e. The molecule has 0 saturated carbocycles. The molecule has 0 unspecified atom stereocenters. The maximum absolute atomic E-state index is 12.1. The van der Waals surface area contributed by atoms with Crippen molar-refractivity contribution in [3.63, 3.8) is 0 Å². The maximum atomic E-state index is 12.1. The van der Waals surface area contributed by atoms with Crippen LogP contribution in [-0.4, -0.2) is 20.1 Å². The number of hydrogen-bond acceptors (Lipinski definition) is 3. The number of anilines is 1. The molecule has 0 aromatic heterocycles. The van der Waals surface area contributed by atoms with Crippen molar-refractivity contribution in [2.75, 3.05) is 19.5 Å². The zero-order chi connectivity index (χ0) is 17.7. The maximum Gasteiger partial charge on any atom is 0.248 e. The van der Waals surface area contributed by atoms with Gasteiger partial charge in [-0.05, 0) is 52.3 Å². The fourth-order valence-electron chi connectivity index (χ4n) is 2.01. The highest BCUT2D eigenvalue weighted by Gasteiger charge is 2.08. The van der Waals surface area contributed by atoms with E-state index in [0.29, 0.717) is 22.2 Å². The first-order valence-electron chi connectivity index (χ1n) is 6.80. The number of hydrogen-bond donors (Lipinski definition) is 1. The SMILES string of the molecule is COc1ccc(NC(=O)/C=C\c2cc(Br)cc(Br)c2OC)cc1Cl. The topological polar surface area (TPSA) is 47.6 Å². The number of halogens is 3. The molecule has 2 aromatic carbocycles. The van der Waals surface area contributed by atoms with Crippen molar-refractivity contribution in [3.05, 3.63) is 55.9 Å². The Hall–Kier alpha value is -1.50. The van der Waals surface area contributed by atoms with Crippen molar-refractivity contribution >= 4 is 61.1 Å². The molecule has 0 aliphatic heterocycles. The Labute approximate surface area is 162 Å². The Balaban J connectivity index is 2.15. The van der Waals surface area contributed by atoms with Gasteiger partial charge in [0.05, 0.1) is 23.7 Å². The predicted octanol–water partition coefficient (Wildman–Crippen LogP) is 5.53. The van der Waals surface area contributed by atoms with Gasteiger partial charge in [0.25, 0.3) is 0 Å². The Morgan fingerprint density at radius 2 is 1.92 bits per heavy atom. The number of nitrogens with one attached hydrogen (secondary N) is 1. The number of methoxy groups -OCH3 is 2. The lowest BCUT2D eigenvalue weighted by Gasteiger charge is -2.08. The predicted molar refractivity (Wildman–Crippen MR) is 104 cm³/mol. The smallest absolute Gasteiger partial charge is 0.248 e. The minimum absolute atomic E-state index is 0.283. The second kappa shape index (κ2) is 8.55. The first kappa shape index (κ1) is 18.8. The molecule has 0 bridgehead atoms. The van der Waals surface area contributed by atoms with Crippen molar-refractivity contribution < 1.29 is 14.3 Å². The van der Waals surface area contributed by atoms with Crippen molar-refractivity contribution in [1.82, 2.24) is 0 Å². The minimum atomic E-state index is -0.283. The fourth-order valence-corrected chi connectivity index (χ4v) is 3.69. The quantitative estimate of drug-likeness (QED) is 0.578. The Kier molecular flexibility index (Phi) is 6.71. The van der Waals surface area contributed by atoms with E-state index in [4.69, 9.17) is 21.1 Å². The molecule has 2 aromatic rings. The first-order chi connectivity index (χ1) is 11.4. The van der Waals surface area contributed by atoms with Gasteiger partial charge in [0.15, 0.2) is 0 Å². The number of amides is 1. The van der Waals surface area contributed by atoms with Crippen LogP contribution >= 0.6 is 43.5 Å². The summed E-state index contributed by atoms with van der Waals surface area (Å²) >= 11 is 12.9. The normalized spacial score (nSPS) is 10.7. The van der Waals surface area contributed by atoms with E-state index in [-0.39, 0.29) is 5.91 Å². The molecule has 0 saturated heterocycles. The van der Waals surface area contributed by atoms with Crippen molar-refractivity contribution in [3.8, 4) is 11.5 Å². The number of carbonyl (C=O) groups excluding carboxylic acids is 1. The molecule has 0 fully saturated rings. The summed E-state index contributed by atoms with van der Waals surface area (Å²) in [6, 6.07) is 8.76. The third kappa shape index (κ3) is 4.75. The summed E-state index contributed by atoms with van der Waals surface area (Å²) < 4.78 is 12.1. The van der Waals surface area contributed by atoms with E-state index >= 15 is 0 Å². The second-order valence-electron chi connectivity index (χ2n) is 4.68. The molecule has 2 rings (SSSR count). The highest BCUT2D eigenvalue weighted by Crippen LogP contribution is 2.33. The molecule has 0 aliphatic rings. The van der Waals surface area contributed by atoms with Crippen LogP contribution < -0.4 is 14.8 Å². The summed E-state index contributed by atoms with van der Waals surface area (Å²) in [5.74, 6) is 0.915. The van der Waals surface area contributed by atoms with Crippen molar-refractivity contribution in [2.45, 2.75) is 0 Å². The van der Waals surface area contributed by atoms with Crippen LogP contribution in [0.5, 0.6) is 11.5 Å². The number of ether oxygens (including phenoxy) is 2. The van der Waals surface area contributed by atoms with Crippen LogP contribution in [0.2, 0.25) is 5.02 Å². The van der Waals surface area contributed by atoms with Gasteiger partial charge < -0.3 is 14.8 Å². The van der Waals surface area contributed by atoms with Crippen molar-refractivity contribution in [2.24, 2.45) is 0 Å². The first-order valence-corrected chi connectivity index (χ1v) is 8.76. The summed E-state index contributed by atoms with van der Waals surface area (Å²) in [4.78, 5) is 12.1. The monoisotopic (exact) mass is 473 g/mol. The molecule has 24 heavy (non-hydrogen) atoms.